The van der Waals surface area contributed by atoms with Crippen LogP contribution in [0.5, 0.6) is 0 Å². The molecule has 2 aliphatic rings. The Morgan fingerprint density at radius 1 is 1.07 bits per heavy atom. The molecule has 220 valence electrons. The van der Waals surface area contributed by atoms with Crippen LogP contribution < -0.4 is 0 Å². The Kier molecular flexibility index (Phi) is 7.23. The van der Waals surface area contributed by atoms with Gasteiger partial charge in [-0.2, -0.15) is 20.4 Å². The largest absolute Gasteiger partial charge is 0.356 e. The molecule has 0 saturated carbocycles. The third-order valence-corrected chi connectivity index (χ3v) is 9.42. The first-order chi connectivity index (χ1) is 20.9. The first kappa shape index (κ1) is 27.7. The van der Waals surface area contributed by atoms with Gasteiger partial charge in [0.05, 0.1) is 34.5 Å². The lowest BCUT2D eigenvalue weighted by atomic mass is 9.94. The molecule has 5 heterocycles. The molecule has 3 aromatic heterocycles. The van der Waals surface area contributed by atoms with Gasteiger partial charge >= 0.3 is 0 Å². The number of halogens is 1. The number of carbonyl (C=O) groups is 1. The molecule has 5 aromatic rings. The lowest BCUT2D eigenvalue weighted by Gasteiger charge is -2.32. The van der Waals surface area contributed by atoms with E-state index in [4.69, 9.17) is 26.5 Å². The first-order valence-electron chi connectivity index (χ1n) is 14.9. The van der Waals surface area contributed by atoms with Crippen molar-refractivity contribution < 1.29 is 9.53 Å². The van der Waals surface area contributed by atoms with Crippen LogP contribution in [0.25, 0.3) is 44.2 Å². The van der Waals surface area contributed by atoms with Crippen LogP contribution >= 0.6 is 11.6 Å². The van der Waals surface area contributed by atoms with Crippen LogP contribution in [-0.2, 0) is 9.53 Å². The fourth-order valence-corrected chi connectivity index (χ4v) is 6.90. The van der Waals surface area contributed by atoms with Crippen molar-refractivity contribution in [3.8, 4) is 22.4 Å². The van der Waals surface area contributed by atoms with Crippen LogP contribution in [0.3, 0.4) is 0 Å². The average Bonchev–Trinajstić information content (AvgIpc) is 3.62. The summed E-state index contributed by atoms with van der Waals surface area (Å²) < 4.78 is 10.3. The number of carbonyl (C=O) groups excluding carboxylic acids is 1. The minimum absolute atomic E-state index is 0.0239. The number of hydrogen-bond acceptors (Lipinski definition) is 6. The molecule has 1 atom stereocenters. The van der Waals surface area contributed by atoms with Gasteiger partial charge in [0.15, 0.2) is 6.23 Å². The van der Waals surface area contributed by atoms with E-state index in [1.807, 2.05) is 34.8 Å². The van der Waals surface area contributed by atoms with Crippen molar-refractivity contribution in [2.75, 3.05) is 19.7 Å². The molecule has 7 rings (SSSR count). The number of amides is 1. The minimum atomic E-state index is -0.0898. The first-order valence-corrected chi connectivity index (χ1v) is 15.3. The Balaban J connectivity index is 1.42. The van der Waals surface area contributed by atoms with E-state index in [0.29, 0.717) is 18.1 Å². The third-order valence-electron chi connectivity index (χ3n) is 8.93. The highest BCUT2D eigenvalue weighted by atomic mass is 35.5. The third kappa shape index (κ3) is 4.80. The van der Waals surface area contributed by atoms with E-state index in [2.05, 4.69) is 46.6 Å². The number of ether oxygens (including phenoxy) is 1. The predicted octanol–water partition coefficient (Wildman–Crippen LogP) is 6.83. The topological polar surface area (TPSA) is 91.0 Å². The highest BCUT2D eigenvalue weighted by molar-refractivity contribution is 6.36. The van der Waals surface area contributed by atoms with E-state index in [1.54, 1.807) is 6.20 Å². The zero-order chi connectivity index (χ0) is 29.7. The Bertz CT molecular complexity index is 1860. The fourth-order valence-electron chi connectivity index (χ4n) is 6.65. The lowest BCUT2D eigenvalue weighted by Crippen LogP contribution is -2.38. The monoisotopic (exact) mass is 595 g/mol. The van der Waals surface area contributed by atoms with E-state index >= 15 is 0 Å². The number of piperidine rings is 1. The van der Waals surface area contributed by atoms with Crippen LogP contribution in [0.2, 0.25) is 5.02 Å². The molecule has 10 heteroatoms. The summed E-state index contributed by atoms with van der Waals surface area (Å²) in [6.07, 6.45) is 9.67. The highest BCUT2D eigenvalue weighted by Gasteiger charge is 2.30. The lowest BCUT2D eigenvalue weighted by molar-refractivity contribution is -0.127. The summed E-state index contributed by atoms with van der Waals surface area (Å²) in [7, 11) is 0. The molecule has 1 unspecified atom stereocenters. The molecule has 0 bridgehead atoms. The van der Waals surface area contributed by atoms with E-state index in [-0.39, 0.29) is 18.2 Å². The molecule has 2 fully saturated rings. The molecule has 0 radical (unpaired) electrons. The summed E-state index contributed by atoms with van der Waals surface area (Å²) in [6.45, 7) is 9.90. The number of benzene rings is 2. The Morgan fingerprint density at radius 3 is 2.67 bits per heavy atom. The smallest absolute Gasteiger partial charge is 0.245 e. The molecular formula is C33H34ClN7O2. The van der Waals surface area contributed by atoms with Gasteiger partial charge in [0.1, 0.15) is 5.69 Å². The number of likely N-dealkylation sites (tertiary alicyclic amines) is 1. The molecule has 9 nitrogen and oxygen atoms in total. The van der Waals surface area contributed by atoms with Gasteiger partial charge in [-0.1, -0.05) is 24.2 Å². The summed E-state index contributed by atoms with van der Waals surface area (Å²) in [5, 5.41) is 21.1. The molecular weight excluding hydrogens is 562 g/mol. The van der Waals surface area contributed by atoms with Crippen molar-refractivity contribution in [2.24, 2.45) is 0 Å². The summed E-state index contributed by atoms with van der Waals surface area (Å²) in [6, 6.07) is 10.4. The zero-order valence-corrected chi connectivity index (χ0v) is 25.2. The van der Waals surface area contributed by atoms with Crippen molar-refractivity contribution in [2.45, 2.75) is 58.2 Å². The Labute approximate surface area is 255 Å². The number of aryl methyl sites for hydroxylation is 1. The van der Waals surface area contributed by atoms with Gasteiger partial charge in [0.25, 0.3) is 0 Å². The second-order valence-electron chi connectivity index (χ2n) is 11.5. The second-order valence-corrected chi connectivity index (χ2v) is 11.9. The van der Waals surface area contributed by atoms with E-state index in [9.17, 15) is 4.79 Å². The SMILES string of the molecule is C=CC(=O)N1CCC(n2nc(-c3ccc4nnccc4c3)c(-c3c(Cl)c(C)cc4c3cnn4C3CCCCO3)c2C)CC1. The summed E-state index contributed by atoms with van der Waals surface area (Å²) in [4.78, 5) is 14.1. The van der Waals surface area contributed by atoms with Crippen LogP contribution in [0, 0.1) is 13.8 Å². The van der Waals surface area contributed by atoms with Crippen LogP contribution in [0.1, 0.15) is 55.6 Å². The average molecular weight is 596 g/mol. The minimum Gasteiger partial charge on any atom is -0.356 e. The van der Waals surface area contributed by atoms with Crippen molar-refractivity contribution in [3.63, 3.8) is 0 Å². The molecule has 2 saturated heterocycles. The molecule has 0 spiro atoms. The molecule has 0 N–H and O–H groups in total. The standard InChI is InChI=1S/C33H34ClN7O2/c1-4-28(42)39-14-11-24(12-15-39)40-21(3)30(33(38-40)23-8-9-26-22(18-23)10-13-35-37-26)31-25-19-36-41(29-7-5-6-16-43-29)27(25)17-20(2)32(31)34/h4,8-10,13,17-19,24,29H,1,5-7,11-12,14-16H2,2-3H3. The van der Waals surface area contributed by atoms with E-state index in [1.165, 1.54) is 6.08 Å². The maximum absolute atomic E-state index is 12.3. The van der Waals surface area contributed by atoms with Gasteiger partial charge in [-0.05, 0) is 81.9 Å². The normalized spacial score (nSPS) is 18.0. The summed E-state index contributed by atoms with van der Waals surface area (Å²) in [5.41, 5.74) is 7.61. The number of rotatable bonds is 5. The number of hydrogen-bond donors (Lipinski definition) is 0. The van der Waals surface area contributed by atoms with Gasteiger partial charge in [-0.25, -0.2) is 4.68 Å². The maximum Gasteiger partial charge on any atom is 0.245 e. The zero-order valence-electron chi connectivity index (χ0n) is 24.5. The fraction of sp³-hybridized carbons (Fsp3) is 0.364. The molecule has 2 aliphatic heterocycles. The molecule has 43 heavy (non-hydrogen) atoms. The maximum atomic E-state index is 12.3. The molecule has 1 amide bonds. The van der Waals surface area contributed by atoms with Gasteiger partial charge in [0.2, 0.25) is 5.91 Å². The summed E-state index contributed by atoms with van der Waals surface area (Å²) in [5.74, 6) is -0.0239. The van der Waals surface area contributed by atoms with Gasteiger partial charge < -0.3 is 9.64 Å². The number of fused-ring (bicyclic) bond motifs is 2. The second kappa shape index (κ2) is 11.2. The van der Waals surface area contributed by atoms with Gasteiger partial charge in [0, 0.05) is 52.9 Å². The number of nitrogens with zero attached hydrogens (tertiary/aromatic N) is 7. The Morgan fingerprint density at radius 2 is 1.91 bits per heavy atom. The van der Waals surface area contributed by atoms with Crippen molar-refractivity contribution in [1.29, 1.82) is 0 Å². The predicted molar refractivity (Wildman–Crippen MR) is 168 cm³/mol. The van der Waals surface area contributed by atoms with Crippen molar-refractivity contribution >= 4 is 39.3 Å². The molecule has 2 aromatic carbocycles. The van der Waals surface area contributed by atoms with Crippen LogP contribution in [-0.4, -0.2) is 60.3 Å². The highest BCUT2D eigenvalue weighted by Crippen LogP contribution is 2.45. The summed E-state index contributed by atoms with van der Waals surface area (Å²) >= 11 is 7.22. The van der Waals surface area contributed by atoms with Gasteiger partial charge in [-0.3, -0.25) is 9.48 Å². The Hall–Kier alpha value is -4.08. The van der Waals surface area contributed by atoms with Crippen LogP contribution in [0.4, 0.5) is 0 Å². The van der Waals surface area contributed by atoms with E-state index in [0.717, 1.165) is 94.2 Å². The quantitative estimate of drug-likeness (QED) is 0.207. The molecule has 0 aliphatic carbocycles. The number of aromatic nitrogens is 6. The van der Waals surface area contributed by atoms with Crippen LogP contribution in [0.15, 0.2) is 55.4 Å². The van der Waals surface area contributed by atoms with Gasteiger partial charge in [-0.15, -0.1) is 0 Å². The van der Waals surface area contributed by atoms with E-state index < -0.39 is 0 Å². The van der Waals surface area contributed by atoms with Crippen molar-refractivity contribution in [3.05, 3.63) is 71.7 Å². The van der Waals surface area contributed by atoms with Crippen molar-refractivity contribution in [1.82, 2.24) is 34.7 Å².